The molecule has 0 radical (unpaired) electrons. The zero-order chi connectivity index (χ0) is 29.1. The highest BCUT2D eigenvalue weighted by molar-refractivity contribution is 6.18. The molecule has 0 bridgehead atoms. The lowest BCUT2D eigenvalue weighted by atomic mass is 9.79. The molecule has 0 aliphatic rings. The van der Waals surface area contributed by atoms with Gasteiger partial charge in [0.25, 0.3) is 0 Å². The van der Waals surface area contributed by atoms with Gasteiger partial charge in [0.1, 0.15) is 23.0 Å². The van der Waals surface area contributed by atoms with Crippen LogP contribution in [0.4, 0.5) is 0 Å². The number of fused-ring (bicyclic) bond motifs is 1. The molecule has 0 spiro atoms. The summed E-state index contributed by atoms with van der Waals surface area (Å²) < 4.78 is 22.3. The SMILES string of the molecule is COc1ccc(-c2c(-c3ccc(OC)cc3)c(-c3ccc(OC)cc3)c3cc(OC)ccc3c2-c2ccccc2)cc1. The van der Waals surface area contributed by atoms with Gasteiger partial charge in [-0.05, 0) is 104 Å². The molecule has 4 nitrogen and oxygen atoms in total. The van der Waals surface area contributed by atoms with E-state index in [0.29, 0.717) is 0 Å². The van der Waals surface area contributed by atoms with Crippen LogP contribution >= 0.6 is 0 Å². The number of benzene rings is 6. The summed E-state index contributed by atoms with van der Waals surface area (Å²) in [5, 5.41) is 2.23. The van der Waals surface area contributed by atoms with E-state index in [0.717, 1.165) is 78.3 Å². The van der Waals surface area contributed by atoms with E-state index in [1.165, 1.54) is 0 Å². The van der Waals surface area contributed by atoms with Crippen LogP contribution in [-0.4, -0.2) is 28.4 Å². The van der Waals surface area contributed by atoms with Crippen LogP contribution in [0.3, 0.4) is 0 Å². The van der Waals surface area contributed by atoms with Gasteiger partial charge < -0.3 is 18.9 Å². The number of methoxy groups -OCH3 is 4. The molecule has 0 amide bonds. The Morgan fingerprint density at radius 1 is 0.310 bits per heavy atom. The summed E-state index contributed by atoms with van der Waals surface area (Å²) in [4.78, 5) is 0. The fourth-order valence-electron chi connectivity index (χ4n) is 5.65. The van der Waals surface area contributed by atoms with Crippen LogP contribution in [-0.2, 0) is 0 Å². The standard InChI is InChI=1S/C38H32O4/c1-39-29-16-10-26(11-17-29)36-34-24-32(42-4)22-23-33(34)35(25-8-6-5-7-9-25)37(27-12-18-30(40-2)19-13-27)38(36)28-14-20-31(41-3)21-15-28/h5-24H,1-4H3. The van der Waals surface area contributed by atoms with Crippen LogP contribution in [0.1, 0.15) is 0 Å². The Kier molecular flexibility index (Phi) is 7.52. The molecule has 0 atom stereocenters. The molecule has 0 saturated heterocycles. The van der Waals surface area contributed by atoms with Crippen LogP contribution < -0.4 is 18.9 Å². The van der Waals surface area contributed by atoms with E-state index in [1.807, 2.05) is 42.5 Å². The monoisotopic (exact) mass is 552 g/mol. The topological polar surface area (TPSA) is 36.9 Å². The van der Waals surface area contributed by atoms with E-state index in [9.17, 15) is 0 Å². The molecule has 0 aliphatic heterocycles. The van der Waals surface area contributed by atoms with Gasteiger partial charge in [0.15, 0.2) is 0 Å². The largest absolute Gasteiger partial charge is 0.497 e. The van der Waals surface area contributed by atoms with Crippen molar-refractivity contribution in [3.05, 3.63) is 121 Å². The van der Waals surface area contributed by atoms with E-state index < -0.39 is 0 Å². The summed E-state index contributed by atoms with van der Waals surface area (Å²) in [6, 6.07) is 41.8. The molecule has 0 aromatic heterocycles. The lowest BCUT2D eigenvalue weighted by Gasteiger charge is -2.25. The molecule has 0 N–H and O–H groups in total. The predicted octanol–water partition coefficient (Wildman–Crippen LogP) is 9.54. The normalized spacial score (nSPS) is 10.9. The molecule has 4 heteroatoms. The Bertz CT molecular complexity index is 1820. The van der Waals surface area contributed by atoms with Crippen molar-refractivity contribution >= 4 is 10.8 Å². The summed E-state index contributed by atoms with van der Waals surface area (Å²) in [5.74, 6) is 3.23. The maximum atomic E-state index is 5.76. The molecule has 0 saturated carbocycles. The number of rotatable bonds is 8. The molecule has 42 heavy (non-hydrogen) atoms. The minimum atomic E-state index is 0.800. The van der Waals surface area contributed by atoms with Crippen molar-refractivity contribution in [2.75, 3.05) is 28.4 Å². The first-order chi connectivity index (χ1) is 20.6. The Hall–Kier alpha value is -5.22. The third-order valence-corrected chi connectivity index (χ3v) is 7.71. The minimum absolute atomic E-state index is 0.800. The van der Waals surface area contributed by atoms with Crippen molar-refractivity contribution in [3.63, 3.8) is 0 Å². The number of hydrogen-bond donors (Lipinski definition) is 0. The summed E-state index contributed by atoms with van der Waals surface area (Å²) in [7, 11) is 6.78. The lowest BCUT2D eigenvalue weighted by Crippen LogP contribution is -1.98. The summed E-state index contributed by atoms with van der Waals surface area (Å²) in [6.45, 7) is 0. The van der Waals surface area contributed by atoms with E-state index in [1.54, 1.807) is 28.4 Å². The zero-order valence-electron chi connectivity index (χ0n) is 24.2. The molecule has 208 valence electrons. The van der Waals surface area contributed by atoms with Gasteiger partial charge in [0, 0.05) is 0 Å². The lowest BCUT2D eigenvalue weighted by molar-refractivity contribution is 0.414. The Morgan fingerprint density at radius 2 is 0.667 bits per heavy atom. The van der Waals surface area contributed by atoms with E-state index in [-0.39, 0.29) is 0 Å². The molecule has 0 heterocycles. The molecule has 6 aromatic rings. The molecular formula is C38H32O4. The van der Waals surface area contributed by atoms with Crippen LogP contribution in [0, 0.1) is 0 Å². The maximum Gasteiger partial charge on any atom is 0.119 e. The first-order valence-electron chi connectivity index (χ1n) is 13.8. The molecule has 6 aromatic carbocycles. The molecule has 0 fully saturated rings. The van der Waals surface area contributed by atoms with Gasteiger partial charge >= 0.3 is 0 Å². The van der Waals surface area contributed by atoms with E-state index in [4.69, 9.17) is 18.9 Å². The molecule has 6 rings (SSSR count). The average molecular weight is 553 g/mol. The average Bonchev–Trinajstić information content (AvgIpc) is 3.07. The zero-order valence-corrected chi connectivity index (χ0v) is 24.2. The first-order valence-corrected chi connectivity index (χ1v) is 13.8. The third-order valence-electron chi connectivity index (χ3n) is 7.71. The highest BCUT2D eigenvalue weighted by Gasteiger charge is 2.24. The van der Waals surface area contributed by atoms with E-state index >= 15 is 0 Å². The second-order valence-electron chi connectivity index (χ2n) is 9.96. The van der Waals surface area contributed by atoms with Crippen LogP contribution in [0.25, 0.3) is 55.3 Å². The van der Waals surface area contributed by atoms with Gasteiger partial charge in [-0.25, -0.2) is 0 Å². The van der Waals surface area contributed by atoms with Gasteiger partial charge in [-0.3, -0.25) is 0 Å². The Morgan fingerprint density at radius 3 is 1.10 bits per heavy atom. The van der Waals surface area contributed by atoms with Crippen LogP contribution in [0.5, 0.6) is 23.0 Å². The van der Waals surface area contributed by atoms with Gasteiger partial charge in [0.2, 0.25) is 0 Å². The van der Waals surface area contributed by atoms with Crippen molar-refractivity contribution in [1.29, 1.82) is 0 Å². The summed E-state index contributed by atoms with van der Waals surface area (Å²) >= 11 is 0. The molecular weight excluding hydrogens is 520 g/mol. The highest BCUT2D eigenvalue weighted by atomic mass is 16.5. The van der Waals surface area contributed by atoms with Crippen molar-refractivity contribution in [2.45, 2.75) is 0 Å². The maximum absolute atomic E-state index is 5.76. The van der Waals surface area contributed by atoms with Crippen molar-refractivity contribution in [3.8, 4) is 67.5 Å². The van der Waals surface area contributed by atoms with Crippen molar-refractivity contribution in [1.82, 2.24) is 0 Å². The number of ether oxygens (including phenoxy) is 4. The second kappa shape index (κ2) is 11.7. The third kappa shape index (κ3) is 4.92. The van der Waals surface area contributed by atoms with Crippen molar-refractivity contribution < 1.29 is 18.9 Å². The van der Waals surface area contributed by atoms with Gasteiger partial charge in [-0.1, -0.05) is 72.8 Å². The quantitative estimate of drug-likeness (QED) is 0.188. The number of hydrogen-bond acceptors (Lipinski definition) is 4. The van der Waals surface area contributed by atoms with Gasteiger partial charge in [0.05, 0.1) is 28.4 Å². The fraction of sp³-hybridized carbons (Fsp3) is 0.105. The molecule has 0 unspecified atom stereocenters. The molecule has 0 aliphatic carbocycles. The van der Waals surface area contributed by atoms with E-state index in [2.05, 4.69) is 78.9 Å². The Balaban J connectivity index is 1.85. The van der Waals surface area contributed by atoms with Crippen molar-refractivity contribution in [2.24, 2.45) is 0 Å². The summed E-state index contributed by atoms with van der Waals surface area (Å²) in [6.07, 6.45) is 0. The van der Waals surface area contributed by atoms with Crippen LogP contribution in [0.15, 0.2) is 121 Å². The van der Waals surface area contributed by atoms with Gasteiger partial charge in [-0.2, -0.15) is 0 Å². The Labute approximate surface area is 246 Å². The smallest absolute Gasteiger partial charge is 0.119 e. The minimum Gasteiger partial charge on any atom is -0.497 e. The fourth-order valence-corrected chi connectivity index (χ4v) is 5.65. The first kappa shape index (κ1) is 27.0. The summed E-state index contributed by atoms with van der Waals surface area (Å²) in [5.41, 5.74) is 8.90. The predicted molar refractivity (Wildman–Crippen MR) is 172 cm³/mol. The second-order valence-corrected chi connectivity index (χ2v) is 9.96. The highest BCUT2D eigenvalue weighted by Crippen LogP contribution is 2.51. The van der Waals surface area contributed by atoms with Gasteiger partial charge in [-0.15, -0.1) is 0 Å². The van der Waals surface area contributed by atoms with Crippen LogP contribution in [0.2, 0.25) is 0 Å².